The van der Waals surface area contributed by atoms with Gasteiger partial charge in [0, 0.05) is 24.5 Å². The number of rotatable bonds is 8. The first-order valence-electron chi connectivity index (χ1n) is 7.85. The van der Waals surface area contributed by atoms with E-state index in [9.17, 15) is 4.79 Å². The molecule has 21 heavy (non-hydrogen) atoms. The molecule has 0 radical (unpaired) electrons. The summed E-state index contributed by atoms with van der Waals surface area (Å²) in [5, 5.41) is 6.36. The van der Waals surface area contributed by atoms with Crippen molar-refractivity contribution < 1.29 is 4.79 Å². The van der Waals surface area contributed by atoms with E-state index < -0.39 is 0 Å². The zero-order valence-electron chi connectivity index (χ0n) is 12.9. The van der Waals surface area contributed by atoms with Crippen LogP contribution in [0.2, 0.25) is 0 Å². The van der Waals surface area contributed by atoms with Crippen LogP contribution in [0.4, 0.5) is 0 Å². The van der Waals surface area contributed by atoms with E-state index in [1.807, 2.05) is 11.8 Å². The summed E-state index contributed by atoms with van der Waals surface area (Å²) in [6, 6.07) is 8.65. The molecule has 1 aromatic rings. The van der Waals surface area contributed by atoms with E-state index in [-0.39, 0.29) is 5.91 Å². The first-order chi connectivity index (χ1) is 10.2. The lowest BCUT2D eigenvalue weighted by Crippen LogP contribution is -2.26. The molecule has 1 fully saturated rings. The Hall–Kier alpha value is -1.00. The van der Waals surface area contributed by atoms with Gasteiger partial charge in [0.05, 0.1) is 0 Å². The van der Waals surface area contributed by atoms with Crippen molar-refractivity contribution in [3.63, 3.8) is 0 Å². The number of thioether (sulfide) groups is 1. The summed E-state index contributed by atoms with van der Waals surface area (Å²) in [6.45, 7) is 5.08. The fraction of sp³-hybridized carbons (Fsp3) is 0.588. The number of benzene rings is 1. The molecule has 0 aromatic heterocycles. The van der Waals surface area contributed by atoms with Crippen LogP contribution in [0.3, 0.4) is 0 Å². The molecule has 2 N–H and O–H groups in total. The molecule has 1 saturated heterocycles. The quantitative estimate of drug-likeness (QED) is 0.726. The van der Waals surface area contributed by atoms with E-state index in [0.717, 1.165) is 37.6 Å². The van der Waals surface area contributed by atoms with Crippen LogP contribution in [-0.2, 0) is 10.5 Å². The van der Waals surface area contributed by atoms with Gasteiger partial charge in [-0.3, -0.25) is 4.79 Å². The first kappa shape index (κ1) is 16.4. The largest absolute Gasteiger partial charge is 0.355 e. The molecule has 2 rings (SSSR count). The molecule has 1 heterocycles. The van der Waals surface area contributed by atoms with Gasteiger partial charge in [-0.1, -0.05) is 29.8 Å². The second-order valence-corrected chi connectivity index (χ2v) is 6.89. The highest BCUT2D eigenvalue weighted by atomic mass is 32.2. The van der Waals surface area contributed by atoms with Gasteiger partial charge in [-0.25, -0.2) is 0 Å². The Kier molecular flexibility index (Phi) is 7.10. The van der Waals surface area contributed by atoms with Gasteiger partial charge in [-0.05, 0) is 44.3 Å². The van der Waals surface area contributed by atoms with Crippen molar-refractivity contribution in [1.29, 1.82) is 0 Å². The van der Waals surface area contributed by atoms with Crippen LogP contribution in [-0.4, -0.2) is 31.3 Å². The summed E-state index contributed by atoms with van der Waals surface area (Å²) in [5.74, 6) is 2.90. The number of carbonyl (C=O) groups is 1. The standard InChI is InChI=1S/C17H26N2OS/c1-14-2-4-16(5-3-14)13-21-11-10-19-17(20)7-6-15-8-9-18-12-15/h2-5,15,18H,6-13H2,1H3,(H,19,20). The fourth-order valence-corrected chi connectivity index (χ4v) is 3.34. The summed E-state index contributed by atoms with van der Waals surface area (Å²) >= 11 is 1.87. The van der Waals surface area contributed by atoms with E-state index >= 15 is 0 Å². The highest BCUT2D eigenvalue weighted by molar-refractivity contribution is 7.98. The predicted molar refractivity (Wildman–Crippen MR) is 90.6 cm³/mol. The number of aryl methyl sites for hydroxylation is 1. The Balaban J connectivity index is 1.48. The molecule has 0 spiro atoms. The lowest BCUT2D eigenvalue weighted by Gasteiger charge is -2.08. The third kappa shape index (κ3) is 6.53. The SMILES string of the molecule is Cc1ccc(CSCCNC(=O)CCC2CCNC2)cc1. The lowest BCUT2D eigenvalue weighted by atomic mass is 10.0. The van der Waals surface area contributed by atoms with Crippen molar-refractivity contribution in [3.8, 4) is 0 Å². The molecule has 116 valence electrons. The van der Waals surface area contributed by atoms with E-state index in [1.165, 1.54) is 17.5 Å². The molecule has 4 heteroatoms. The summed E-state index contributed by atoms with van der Waals surface area (Å²) in [5.41, 5.74) is 2.65. The Morgan fingerprint density at radius 1 is 1.38 bits per heavy atom. The normalized spacial score (nSPS) is 17.9. The molecule has 1 unspecified atom stereocenters. The molecule has 1 aliphatic rings. The summed E-state index contributed by atoms with van der Waals surface area (Å²) < 4.78 is 0. The molecule has 3 nitrogen and oxygen atoms in total. The Bertz CT molecular complexity index is 427. The lowest BCUT2D eigenvalue weighted by molar-refractivity contribution is -0.121. The van der Waals surface area contributed by atoms with E-state index in [4.69, 9.17) is 0 Å². The molecule has 1 aromatic carbocycles. The molecule has 0 aliphatic carbocycles. The van der Waals surface area contributed by atoms with E-state index in [0.29, 0.717) is 12.3 Å². The Labute approximate surface area is 132 Å². The fourth-order valence-electron chi connectivity index (χ4n) is 2.52. The maximum absolute atomic E-state index is 11.7. The van der Waals surface area contributed by atoms with E-state index in [1.54, 1.807) is 0 Å². The van der Waals surface area contributed by atoms with Crippen molar-refractivity contribution in [2.45, 2.75) is 31.9 Å². The van der Waals surface area contributed by atoms with Gasteiger partial charge in [-0.2, -0.15) is 11.8 Å². The van der Waals surface area contributed by atoms with Crippen LogP contribution in [0.15, 0.2) is 24.3 Å². The van der Waals surface area contributed by atoms with Gasteiger partial charge < -0.3 is 10.6 Å². The van der Waals surface area contributed by atoms with Crippen LogP contribution in [0.5, 0.6) is 0 Å². The molecular weight excluding hydrogens is 280 g/mol. The van der Waals surface area contributed by atoms with Crippen molar-refractivity contribution in [2.24, 2.45) is 5.92 Å². The highest BCUT2D eigenvalue weighted by Crippen LogP contribution is 2.14. The average molecular weight is 306 g/mol. The number of carbonyl (C=O) groups excluding carboxylic acids is 1. The monoisotopic (exact) mass is 306 g/mol. The zero-order chi connectivity index (χ0) is 14.9. The topological polar surface area (TPSA) is 41.1 Å². The van der Waals surface area contributed by atoms with E-state index in [2.05, 4.69) is 41.8 Å². The maximum Gasteiger partial charge on any atom is 0.220 e. The van der Waals surface area contributed by atoms with Gasteiger partial charge in [0.2, 0.25) is 5.91 Å². The molecule has 0 saturated carbocycles. The second kappa shape index (κ2) is 9.11. The minimum atomic E-state index is 0.206. The van der Waals surface area contributed by atoms with Crippen LogP contribution in [0, 0.1) is 12.8 Å². The summed E-state index contributed by atoms with van der Waals surface area (Å²) in [7, 11) is 0. The minimum Gasteiger partial charge on any atom is -0.355 e. The number of amides is 1. The predicted octanol–water partition coefficient (Wildman–Crippen LogP) is 2.73. The molecule has 1 aliphatic heterocycles. The molecule has 1 atom stereocenters. The van der Waals surface area contributed by atoms with Crippen molar-refractivity contribution in [3.05, 3.63) is 35.4 Å². The third-order valence-electron chi connectivity index (χ3n) is 3.90. The van der Waals surface area contributed by atoms with Gasteiger partial charge >= 0.3 is 0 Å². The number of hydrogen-bond donors (Lipinski definition) is 2. The van der Waals surface area contributed by atoms with Gasteiger partial charge in [0.1, 0.15) is 0 Å². The second-order valence-electron chi connectivity index (χ2n) is 5.79. The van der Waals surface area contributed by atoms with Gasteiger partial charge in [0.15, 0.2) is 0 Å². The van der Waals surface area contributed by atoms with Crippen LogP contribution in [0.1, 0.15) is 30.4 Å². The summed E-state index contributed by atoms with van der Waals surface area (Å²) in [4.78, 5) is 11.7. The number of nitrogens with one attached hydrogen (secondary N) is 2. The maximum atomic E-state index is 11.7. The van der Waals surface area contributed by atoms with Crippen LogP contribution < -0.4 is 10.6 Å². The van der Waals surface area contributed by atoms with Crippen LogP contribution in [0.25, 0.3) is 0 Å². The van der Waals surface area contributed by atoms with Crippen molar-refractivity contribution in [1.82, 2.24) is 10.6 Å². The zero-order valence-corrected chi connectivity index (χ0v) is 13.7. The van der Waals surface area contributed by atoms with Crippen molar-refractivity contribution in [2.75, 3.05) is 25.4 Å². The highest BCUT2D eigenvalue weighted by Gasteiger charge is 2.15. The molecule has 1 amide bonds. The van der Waals surface area contributed by atoms with Crippen molar-refractivity contribution >= 4 is 17.7 Å². The first-order valence-corrected chi connectivity index (χ1v) is 9.00. The van der Waals surface area contributed by atoms with Gasteiger partial charge in [0.25, 0.3) is 0 Å². The average Bonchev–Trinajstić information content (AvgIpc) is 3.00. The summed E-state index contributed by atoms with van der Waals surface area (Å²) in [6.07, 6.45) is 2.92. The molecule has 0 bridgehead atoms. The Morgan fingerprint density at radius 2 is 2.19 bits per heavy atom. The molecular formula is C17H26N2OS. The van der Waals surface area contributed by atoms with Gasteiger partial charge in [-0.15, -0.1) is 0 Å². The van der Waals surface area contributed by atoms with Crippen LogP contribution >= 0.6 is 11.8 Å². The minimum absolute atomic E-state index is 0.206. The third-order valence-corrected chi connectivity index (χ3v) is 4.93. The number of hydrogen-bond acceptors (Lipinski definition) is 3. The Morgan fingerprint density at radius 3 is 2.90 bits per heavy atom. The smallest absolute Gasteiger partial charge is 0.220 e.